The molecule has 0 spiro atoms. The van der Waals surface area contributed by atoms with Crippen LogP contribution in [0.4, 0.5) is 0 Å². The molecule has 2 aromatic rings. The summed E-state index contributed by atoms with van der Waals surface area (Å²) in [6, 6.07) is 12.5. The summed E-state index contributed by atoms with van der Waals surface area (Å²) < 4.78 is 32.1. The van der Waals surface area contributed by atoms with Gasteiger partial charge in [0.25, 0.3) is 0 Å². The quantitative estimate of drug-likeness (QED) is 0.652. The molecule has 0 radical (unpaired) electrons. The predicted octanol–water partition coefficient (Wildman–Crippen LogP) is 1.41. The fraction of sp³-hybridized carbons (Fsp3) is 0.235. The first-order chi connectivity index (χ1) is 11.8. The van der Waals surface area contributed by atoms with Crippen LogP contribution in [0.5, 0.6) is 5.75 Å². The molecule has 2 rings (SSSR count). The molecule has 8 heteroatoms. The summed E-state index contributed by atoms with van der Waals surface area (Å²) in [6.07, 6.45) is -1.09. The summed E-state index contributed by atoms with van der Waals surface area (Å²) in [7, 11) is -4.07. The molecular formula is C17H19NO6S. The van der Waals surface area contributed by atoms with Gasteiger partial charge in [-0.1, -0.05) is 29.8 Å². The van der Waals surface area contributed by atoms with Crippen molar-refractivity contribution in [3.63, 3.8) is 0 Å². The molecule has 0 saturated carbocycles. The van der Waals surface area contributed by atoms with Crippen LogP contribution in [0, 0.1) is 6.92 Å². The molecule has 3 N–H and O–H groups in total. The predicted molar refractivity (Wildman–Crippen MR) is 91.3 cm³/mol. The van der Waals surface area contributed by atoms with Gasteiger partial charge in [0.2, 0.25) is 10.0 Å². The standard InChI is InChI=1S/C17H19NO6S/c1-12-6-8-14(9-7-12)24-11-13(19)10-18-25(22,23)16-5-3-2-4-15(16)17(20)21/h2-9,13,18-19H,10-11H2,1H3,(H,20,21)/t13-/m1/s1. The molecule has 0 aliphatic rings. The SMILES string of the molecule is Cc1ccc(OC[C@H](O)CNS(=O)(=O)c2ccccc2C(=O)O)cc1. The lowest BCUT2D eigenvalue weighted by molar-refractivity contribution is 0.0692. The second-order valence-electron chi connectivity index (χ2n) is 5.43. The molecule has 0 bridgehead atoms. The highest BCUT2D eigenvalue weighted by Crippen LogP contribution is 2.15. The van der Waals surface area contributed by atoms with Crippen molar-refractivity contribution in [1.82, 2.24) is 4.72 Å². The third-order valence-electron chi connectivity index (χ3n) is 3.38. The molecule has 1 atom stereocenters. The molecule has 0 unspecified atom stereocenters. The minimum Gasteiger partial charge on any atom is -0.491 e. The number of sulfonamides is 1. The Labute approximate surface area is 145 Å². The number of nitrogens with one attached hydrogen (secondary N) is 1. The molecule has 0 heterocycles. The van der Waals surface area contributed by atoms with Crippen molar-refractivity contribution in [2.45, 2.75) is 17.9 Å². The Bertz CT molecular complexity index is 832. The van der Waals surface area contributed by atoms with Crippen LogP contribution in [0.3, 0.4) is 0 Å². The van der Waals surface area contributed by atoms with Gasteiger partial charge in [0.05, 0.1) is 10.5 Å². The maximum atomic E-state index is 12.2. The number of aliphatic hydroxyl groups excluding tert-OH is 1. The zero-order chi connectivity index (χ0) is 18.4. The van der Waals surface area contributed by atoms with Gasteiger partial charge in [-0.05, 0) is 31.2 Å². The van der Waals surface area contributed by atoms with Gasteiger partial charge in [-0.2, -0.15) is 0 Å². The summed E-state index contributed by atoms with van der Waals surface area (Å²) in [5.41, 5.74) is 0.734. The Balaban J connectivity index is 1.95. The molecule has 0 amide bonds. The first kappa shape index (κ1) is 18.9. The average molecular weight is 365 g/mol. The largest absolute Gasteiger partial charge is 0.491 e. The normalized spacial score (nSPS) is 12.6. The number of benzene rings is 2. The number of carbonyl (C=O) groups is 1. The van der Waals surface area contributed by atoms with Crippen LogP contribution >= 0.6 is 0 Å². The van der Waals surface area contributed by atoms with Crippen molar-refractivity contribution >= 4 is 16.0 Å². The number of ether oxygens (including phenoxy) is 1. The third-order valence-corrected chi connectivity index (χ3v) is 4.86. The van der Waals surface area contributed by atoms with E-state index in [1.54, 1.807) is 12.1 Å². The van der Waals surface area contributed by atoms with E-state index in [0.717, 1.165) is 5.56 Å². The van der Waals surface area contributed by atoms with Crippen molar-refractivity contribution in [3.05, 3.63) is 59.7 Å². The van der Waals surface area contributed by atoms with Gasteiger partial charge in [0, 0.05) is 6.54 Å². The van der Waals surface area contributed by atoms with Gasteiger partial charge in [0.1, 0.15) is 18.5 Å². The highest BCUT2D eigenvalue weighted by molar-refractivity contribution is 7.89. The molecule has 0 aromatic heterocycles. The second-order valence-corrected chi connectivity index (χ2v) is 7.17. The van der Waals surface area contributed by atoms with E-state index in [9.17, 15) is 18.3 Å². The topological polar surface area (TPSA) is 113 Å². The fourth-order valence-corrected chi connectivity index (χ4v) is 3.32. The van der Waals surface area contributed by atoms with E-state index < -0.39 is 22.1 Å². The van der Waals surface area contributed by atoms with E-state index in [4.69, 9.17) is 9.84 Å². The Hall–Kier alpha value is -2.42. The third kappa shape index (κ3) is 5.28. The number of carboxylic acid groups (broad SMARTS) is 1. The van der Waals surface area contributed by atoms with E-state index in [-0.39, 0.29) is 23.6 Å². The average Bonchev–Trinajstić information content (AvgIpc) is 2.59. The van der Waals surface area contributed by atoms with Crippen molar-refractivity contribution in [2.24, 2.45) is 0 Å². The van der Waals surface area contributed by atoms with Gasteiger partial charge in [0.15, 0.2) is 0 Å². The maximum Gasteiger partial charge on any atom is 0.337 e. The van der Waals surface area contributed by atoms with E-state index in [2.05, 4.69) is 4.72 Å². The highest BCUT2D eigenvalue weighted by Gasteiger charge is 2.22. The van der Waals surface area contributed by atoms with Crippen molar-refractivity contribution < 1.29 is 28.2 Å². The maximum absolute atomic E-state index is 12.2. The molecule has 2 aromatic carbocycles. The number of carboxylic acids is 1. The molecule has 7 nitrogen and oxygen atoms in total. The summed E-state index contributed by atoms with van der Waals surface area (Å²) in [5, 5.41) is 19.0. The lowest BCUT2D eigenvalue weighted by Crippen LogP contribution is -2.35. The van der Waals surface area contributed by atoms with Crippen molar-refractivity contribution in [3.8, 4) is 5.75 Å². The summed E-state index contributed by atoms with van der Waals surface area (Å²) in [6.45, 7) is 1.52. The molecule has 0 saturated heterocycles. The zero-order valence-corrected chi connectivity index (χ0v) is 14.4. The smallest absolute Gasteiger partial charge is 0.337 e. The Kier molecular flexibility index (Phi) is 6.13. The first-order valence-electron chi connectivity index (χ1n) is 7.49. The molecule has 0 fully saturated rings. The van der Waals surface area contributed by atoms with Crippen molar-refractivity contribution in [1.29, 1.82) is 0 Å². The first-order valence-corrected chi connectivity index (χ1v) is 8.97. The number of aromatic carboxylic acids is 1. The van der Waals surface area contributed by atoms with Gasteiger partial charge in [-0.15, -0.1) is 0 Å². The van der Waals surface area contributed by atoms with Gasteiger partial charge >= 0.3 is 5.97 Å². The van der Waals surface area contributed by atoms with Crippen LogP contribution in [0.2, 0.25) is 0 Å². The minimum absolute atomic E-state index is 0.105. The van der Waals surface area contributed by atoms with E-state index in [1.165, 1.54) is 24.3 Å². The van der Waals surface area contributed by atoms with Crippen LogP contribution in [-0.4, -0.2) is 43.9 Å². The Morgan fingerprint density at radius 1 is 1.16 bits per heavy atom. The van der Waals surface area contributed by atoms with Gasteiger partial charge in [-0.3, -0.25) is 0 Å². The lowest BCUT2D eigenvalue weighted by atomic mass is 10.2. The Morgan fingerprint density at radius 3 is 2.44 bits per heavy atom. The molecule has 0 aliphatic carbocycles. The van der Waals surface area contributed by atoms with Crippen LogP contribution in [0.15, 0.2) is 53.4 Å². The highest BCUT2D eigenvalue weighted by atomic mass is 32.2. The molecular weight excluding hydrogens is 346 g/mol. The number of aryl methyl sites for hydroxylation is 1. The number of rotatable bonds is 8. The van der Waals surface area contributed by atoms with E-state index >= 15 is 0 Å². The number of aliphatic hydroxyl groups is 1. The van der Waals surface area contributed by atoms with Crippen LogP contribution in [0.25, 0.3) is 0 Å². The van der Waals surface area contributed by atoms with E-state index in [0.29, 0.717) is 5.75 Å². The summed E-state index contributed by atoms with van der Waals surface area (Å²) >= 11 is 0. The van der Waals surface area contributed by atoms with Crippen LogP contribution in [-0.2, 0) is 10.0 Å². The molecule has 134 valence electrons. The van der Waals surface area contributed by atoms with E-state index in [1.807, 2.05) is 19.1 Å². The van der Waals surface area contributed by atoms with Gasteiger partial charge < -0.3 is 14.9 Å². The van der Waals surface area contributed by atoms with Crippen LogP contribution < -0.4 is 9.46 Å². The number of hydrogen-bond acceptors (Lipinski definition) is 5. The monoisotopic (exact) mass is 365 g/mol. The zero-order valence-electron chi connectivity index (χ0n) is 13.5. The molecule has 0 aliphatic heterocycles. The van der Waals surface area contributed by atoms with Crippen molar-refractivity contribution in [2.75, 3.05) is 13.2 Å². The Morgan fingerprint density at radius 2 is 1.80 bits per heavy atom. The molecule has 25 heavy (non-hydrogen) atoms. The summed E-state index contributed by atoms with van der Waals surface area (Å²) in [4.78, 5) is 10.8. The lowest BCUT2D eigenvalue weighted by Gasteiger charge is -2.14. The number of hydrogen-bond donors (Lipinski definition) is 3. The fourth-order valence-electron chi connectivity index (χ4n) is 2.05. The van der Waals surface area contributed by atoms with Gasteiger partial charge in [-0.25, -0.2) is 17.9 Å². The second kappa shape index (κ2) is 8.11. The summed E-state index contributed by atoms with van der Waals surface area (Å²) in [5.74, 6) is -0.784. The van der Waals surface area contributed by atoms with Crippen LogP contribution in [0.1, 0.15) is 15.9 Å². The minimum atomic E-state index is -4.07.